The highest BCUT2D eigenvalue weighted by molar-refractivity contribution is 7.93. The fourth-order valence-corrected chi connectivity index (χ4v) is 5.24. The summed E-state index contributed by atoms with van der Waals surface area (Å²) in [5, 5.41) is 2.00. The summed E-state index contributed by atoms with van der Waals surface area (Å²) in [6.07, 6.45) is -0.537. The average molecular weight is 474 g/mol. The lowest BCUT2D eigenvalue weighted by Gasteiger charge is -2.30. The fraction of sp³-hybridized carbons (Fsp3) is 0.273. The topological polar surface area (TPSA) is 97.8 Å². The smallest absolute Gasteiger partial charge is 0.267 e. The van der Waals surface area contributed by atoms with Gasteiger partial charge in [0.2, 0.25) is 0 Å². The Morgan fingerprint density at radius 3 is 2.59 bits per heavy atom. The number of carbonyl (C=O) groups is 1. The zero-order valence-electron chi connectivity index (χ0n) is 18.0. The first-order valence-corrected chi connectivity index (χ1v) is 12.3. The van der Waals surface area contributed by atoms with E-state index in [1.807, 2.05) is 19.9 Å². The van der Waals surface area contributed by atoms with Gasteiger partial charge in [0.15, 0.2) is 11.2 Å². The maximum absolute atomic E-state index is 12.7. The van der Waals surface area contributed by atoms with E-state index in [0.29, 0.717) is 22.9 Å². The Kier molecular flexibility index (Phi) is 5.83. The van der Waals surface area contributed by atoms with Crippen LogP contribution < -0.4 is 19.1 Å². The van der Waals surface area contributed by atoms with Crippen molar-refractivity contribution < 1.29 is 22.7 Å². The number of likely N-dealkylation sites (N-methyl/N-ethyl adjacent to an activating group) is 1. The molecule has 10 heteroatoms. The molecule has 1 N–H and O–H groups in total. The van der Waals surface area contributed by atoms with E-state index in [2.05, 4.69) is 9.71 Å². The van der Waals surface area contributed by atoms with Crippen molar-refractivity contribution in [2.24, 2.45) is 0 Å². The second kappa shape index (κ2) is 8.44. The first-order chi connectivity index (χ1) is 15.1. The second-order valence-electron chi connectivity index (χ2n) is 7.62. The normalized spacial score (nSPS) is 16.0. The number of benzene rings is 2. The van der Waals surface area contributed by atoms with Crippen molar-refractivity contribution in [2.75, 3.05) is 16.7 Å². The van der Waals surface area contributed by atoms with Gasteiger partial charge in [-0.15, -0.1) is 11.3 Å². The summed E-state index contributed by atoms with van der Waals surface area (Å²) in [5.41, 5.74) is 1.98. The molecule has 8 nitrogen and oxygen atoms in total. The standard InChI is InChI=1S/C22H23N3O5S2/c1-13(2)29-16-6-8-17(9-7-16)32(27,28)24-22-23-18(12-31-22)15-5-10-20-19(11-15)25(4)21(26)14(3)30-20/h5-14H,1-4H3,(H,23,24). The highest BCUT2D eigenvalue weighted by Gasteiger charge is 2.29. The first kappa shape index (κ1) is 22.1. The van der Waals surface area contributed by atoms with E-state index in [9.17, 15) is 13.2 Å². The third kappa shape index (κ3) is 4.42. The van der Waals surface area contributed by atoms with E-state index in [1.165, 1.54) is 23.5 Å². The quantitative estimate of drug-likeness (QED) is 0.578. The number of hydrogen-bond acceptors (Lipinski definition) is 7. The largest absolute Gasteiger partial charge is 0.491 e. The molecule has 1 aliphatic heterocycles. The minimum Gasteiger partial charge on any atom is -0.491 e. The van der Waals surface area contributed by atoms with Crippen molar-refractivity contribution in [3.63, 3.8) is 0 Å². The molecule has 4 rings (SSSR count). The molecule has 1 aliphatic rings. The van der Waals surface area contributed by atoms with Crippen molar-refractivity contribution in [3.8, 4) is 22.8 Å². The number of thiazole rings is 1. The number of amides is 1. The van der Waals surface area contributed by atoms with Gasteiger partial charge in [0.25, 0.3) is 15.9 Å². The van der Waals surface area contributed by atoms with Crippen LogP contribution in [0.25, 0.3) is 11.3 Å². The molecule has 32 heavy (non-hydrogen) atoms. The number of ether oxygens (including phenoxy) is 2. The molecule has 2 aromatic carbocycles. The SMILES string of the molecule is CC(C)Oc1ccc(S(=O)(=O)Nc2nc(-c3ccc4c(c3)N(C)C(=O)C(C)O4)cs2)cc1. The maximum Gasteiger partial charge on any atom is 0.267 e. The Balaban J connectivity index is 1.54. The number of nitrogens with one attached hydrogen (secondary N) is 1. The van der Waals surface area contributed by atoms with Crippen LogP contribution in [0.1, 0.15) is 20.8 Å². The molecule has 1 aromatic heterocycles. The van der Waals surface area contributed by atoms with E-state index >= 15 is 0 Å². The number of anilines is 2. The van der Waals surface area contributed by atoms with Crippen molar-refractivity contribution in [3.05, 3.63) is 47.8 Å². The lowest BCUT2D eigenvalue weighted by atomic mass is 10.1. The van der Waals surface area contributed by atoms with Crippen LogP contribution in [-0.4, -0.2) is 38.6 Å². The summed E-state index contributed by atoms with van der Waals surface area (Å²) in [6.45, 7) is 5.51. The summed E-state index contributed by atoms with van der Waals surface area (Å²) in [6, 6.07) is 11.6. The van der Waals surface area contributed by atoms with Gasteiger partial charge in [-0.05, 0) is 63.2 Å². The second-order valence-corrected chi connectivity index (χ2v) is 10.2. The van der Waals surface area contributed by atoms with Gasteiger partial charge in [-0.2, -0.15) is 0 Å². The number of fused-ring (bicyclic) bond motifs is 1. The van der Waals surface area contributed by atoms with E-state index in [1.54, 1.807) is 48.5 Å². The summed E-state index contributed by atoms with van der Waals surface area (Å²) < 4.78 is 39.2. The number of rotatable bonds is 6. The van der Waals surface area contributed by atoms with Crippen LogP contribution in [0.4, 0.5) is 10.8 Å². The average Bonchev–Trinajstić information content (AvgIpc) is 3.19. The van der Waals surface area contributed by atoms with E-state index < -0.39 is 16.1 Å². The summed E-state index contributed by atoms with van der Waals surface area (Å²) in [5.74, 6) is 1.08. The number of hydrogen-bond donors (Lipinski definition) is 1. The Labute approximate surface area is 190 Å². The zero-order valence-corrected chi connectivity index (χ0v) is 19.7. The molecule has 1 unspecified atom stereocenters. The van der Waals surface area contributed by atoms with Gasteiger partial charge >= 0.3 is 0 Å². The van der Waals surface area contributed by atoms with Crippen LogP contribution in [0.3, 0.4) is 0 Å². The molecule has 0 aliphatic carbocycles. The van der Waals surface area contributed by atoms with Crippen LogP contribution in [0.2, 0.25) is 0 Å². The molecule has 1 atom stereocenters. The summed E-state index contributed by atoms with van der Waals surface area (Å²) in [7, 11) is -2.10. The predicted molar refractivity (Wildman–Crippen MR) is 124 cm³/mol. The molecular weight excluding hydrogens is 450 g/mol. The molecular formula is C22H23N3O5S2. The monoisotopic (exact) mass is 473 g/mol. The van der Waals surface area contributed by atoms with E-state index in [-0.39, 0.29) is 22.0 Å². The Hall–Kier alpha value is -3.11. The molecule has 0 saturated carbocycles. The molecule has 3 aromatic rings. The van der Waals surface area contributed by atoms with Crippen LogP contribution in [0, 0.1) is 0 Å². The lowest BCUT2D eigenvalue weighted by molar-refractivity contribution is -0.125. The molecule has 2 heterocycles. The van der Waals surface area contributed by atoms with Crippen molar-refractivity contribution in [1.29, 1.82) is 0 Å². The van der Waals surface area contributed by atoms with Crippen LogP contribution in [-0.2, 0) is 14.8 Å². The third-order valence-electron chi connectivity index (χ3n) is 4.83. The minimum atomic E-state index is -3.79. The summed E-state index contributed by atoms with van der Waals surface area (Å²) in [4.78, 5) is 18.3. The third-order valence-corrected chi connectivity index (χ3v) is 7.07. The highest BCUT2D eigenvalue weighted by Crippen LogP contribution is 2.37. The number of carbonyl (C=O) groups excluding carboxylic acids is 1. The molecule has 0 radical (unpaired) electrons. The van der Waals surface area contributed by atoms with Gasteiger partial charge in [0, 0.05) is 18.0 Å². The van der Waals surface area contributed by atoms with Gasteiger partial charge in [0.1, 0.15) is 11.5 Å². The number of sulfonamides is 1. The Morgan fingerprint density at radius 2 is 1.91 bits per heavy atom. The van der Waals surface area contributed by atoms with Crippen molar-refractivity contribution in [2.45, 2.75) is 37.9 Å². The first-order valence-electron chi connectivity index (χ1n) is 9.98. The molecule has 1 amide bonds. The summed E-state index contributed by atoms with van der Waals surface area (Å²) >= 11 is 1.18. The molecule has 0 fully saturated rings. The van der Waals surface area contributed by atoms with Crippen LogP contribution in [0.5, 0.6) is 11.5 Å². The molecule has 0 spiro atoms. The Morgan fingerprint density at radius 1 is 1.19 bits per heavy atom. The lowest BCUT2D eigenvalue weighted by Crippen LogP contribution is -2.41. The predicted octanol–water partition coefficient (Wildman–Crippen LogP) is 4.14. The van der Waals surface area contributed by atoms with Gasteiger partial charge in [-0.1, -0.05) is 0 Å². The zero-order chi connectivity index (χ0) is 23.0. The Bertz CT molecular complexity index is 1250. The van der Waals surface area contributed by atoms with Gasteiger partial charge in [-0.3, -0.25) is 9.52 Å². The van der Waals surface area contributed by atoms with Crippen LogP contribution >= 0.6 is 11.3 Å². The van der Waals surface area contributed by atoms with Gasteiger partial charge < -0.3 is 14.4 Å². The fourth-order valence-electron chi connectivity index (χ4n) is 3.27. The van der Waals surface area contributed by atoms with Crippen molar-refractivity contribution in [1.82, 2.24) is 4.98 Å². The number of nitrogens with zero attached hydrogens (tertiary/aromatic N) is 2. The molecule has 0 saturated heterocycles. The van der Waals surface area contributed by atoms with Crippen molar-refractivity contribution >= 4 is 38.1 Å². The van der Waals surface area contributed by atoms with Gasteiger partial charge in [0.05, 0.1) is 22.4 Å². The molecule has 168 valence electrons. The van der Waals surface area contributed by atoms with Crippen LogP contribution in [0.15, 0.2) is 52.7 Å². The maximum atomic E-state index is 12.7. The van der Waals surface area contributed by atoms with Gasteiger partial charge in [-0.25, -0.2) is 13.4 Å². The minimum absolute atomic E-state index is 0.000729. The number of aromatic nitrogens is 1. The van der Waals surface area contributed by atoms with E-state index in [0.717, 1.165) is 5.56 Å². The van der Waals surface area contributed by atoms with E-state index in [4.69, 9.17) is 9.47 Å². The highest BCUT2D eigenvalue weighted by atomic mass is 32.2. The molecule has 0 bridgehead atoms.